The van der Waals surface area contributed by atoms with Gasteiger partial charge in [-0.05, 0) is 37.5 Å². The van der Waals surface area contributed by atoms with Crippen molar-refractivity contribution in [3.8, 4) is 11.8 Å². The van der Waals surface area contributed by atoms with Gasteiger partial charge >= 0.3 is 5.69 Å². The first-order valence-electron chi connectivity index (χ1n) is 6.33. The maximum Gasteiger partial charge on any atom is 0.334 e. The average Bonchev–Trinajstić information content (AvgIpc) is 2.72. The van der Waals surface area contributed by atoms with Crippen molar-refractivity contribution in [3.05, 3.63) is 50.1 Å². The fourth-order valence-electron chi connectivity index (χ4n) is 2.64. The van der Waals surface area contributed by atoms with Crippen molar-refractivity contribution in [3.63, 3.8) is 0 Å². The normalized spacial score (nSPS) is 13.8. The van der Waals surface area contributed by atoms with E-state index in [9.17, 15) is 10.1 Å². The number of fused-ring (bicyclic) bond motifs is 1. The van der Waals surface area contributed by atoms with Gasteiger partial charge in [-0.15, -0.1) is 0 Å². The molecule has 20 heavy (non-hydrogen) atoms. The molecule has 0 spiro atoms. The summed E-state index contributed by atoms with van der Waals surface area (Å²) in [5, 5.41) is 10.3. The molecular formula is C14H11Cl2N3O. The Morgan fingerprint density at radius 1 is 1.25 bits per heavy atom. The number of aromatic nitrogens is 2. The van der Waals surface area contributed by atoms with Crippen molar-refractivity contribution in [1.29, 1.82) is 5.26 Å². The highest BCUT2D eigenvalue weighted by atomic mass is 35.5. The Kier molecular flexibility index (Phi) is 3.33. The van der Waals surface area contributed by atoms with Crippen LogP contribution in [0.1, 0.15) is 24.2 Å². The smallest absolute Gasteiger partial charge is 0.295 e. The van der Waals surface area contributed by atoms with Gasteiger partial charge in [-0.1, -0.05) is 23.2 Å². The lowest BCUT2D eigenvalue weighted by atomic mass is 10.1. The quantitative estimate of drug-likeness (QED) is 0.812. The summed E-state index contributed by atoms with van der Waals surface area (Å²) < 4.78 is 3.06. The van der Waals surface area contributed by atoms with Gasteiger partial charge < -0.3 is 0 Å². The molecule has 0 aliphatic carbocycles. The predicted molar refractivity (Wildman–Crippen MR) is 77.7 cm³/mol. The van der Waals surface area contributed by atoms with Gasteiger partial charge in [-0.25, -0.2) is 9.36 Å². The highest BCUT2D eigenvalue weighted by Gasteiger charge is 2.23. The molecule has 0 saturated carbocycles. The van der Waals surface area contributed by atoms with Crippen LogP contribution in [-0.2, 0) is 13.0 Å². The van der Waals surface area contributed by atoms with E-state index in [0.717, 1.165) is 25.0 Å². The molecule has 1 aromatic heterocycles. The van der Waals surface area contributed by atoms with Crippen molar-refractivity contribution in [1.82, 2.24) is 9.13 Å². The second kappa shape index (κ2) is 5.01. The molecule has 1 aliphatic rings. The van der Waals surface area contributed by atoms with Crippen LogP contribution in [0.5, 0.6) is 0 Å². The number of imidazole rings is 1. The highest BCUT2D eigenvalue weighted by molar-refractivity contribution is 6.35. The molecule has 6 heteroatoms. The van der Waals surface area contributed by atoms with E-state index in [1.807, 2.05) is 0 Å². The number of rotatable bonds is 1. The summed E-state index contributed by atoms with van der Waals surface area (Å²) in [7, 11) is 0. The second-order valence-electron chi connectivity index (χ2n) is 4.73. The lowest BCUT2D eigenvalue weighted by Crippen LogP contribution is -2.26. The van der Waals surface area contributed by atoms with Crippen LogP contribution in [0.4, 0.5) is 0 Å². The second-order valence-corrected chi connectivity index (χ2v) is 5.57. The molecule has 0 saturated heterocycles. The molecule has 0 unspecified atom stereocenters. The van der Waals surface area contributed by atoms with Gasteiger partial charge in [0.05, 0.1) is 16.4 Å². The molecule has 2 aromatic rings. The maximum atomic E-state index is 12.5. The molecule has 0 N–H and O–H groups in total. The van der Waals surface area contributed by atoms with Gasteiger partial charge in [0, 0.05) is 11.6 Å². The third-order valence-electron chi connectivity index (χ3n) is 3.55. The minimum absolute atomic E-state index is 0.208. The first-order valence-corrected chi connectivity index (χ1v) is 7.09. The number of nitriles is 1. The van der Waals surface area contributed by atoms with Crippen molar-refractivity contribution < 1.29 is 0 Å². The summed E-state index contributed by atoms with van der Waals surface area (Å²) in [6.07, 6.45) is 2.69. The fourth-order valence-corrected chi connectivity index (χ4v) is 3.13. The Morgan fingerprint density at radius 3 is 2.75 bits per heavy atom. The Bertz CT molecular complexity index is 783. The summed E-state index contributed by atoms with van der Waals surface area (Å²) in [4.78, 5) is 12.5. The van der Waals surface area contributed by atoms with Gasteiger partial charge in [-0.2, -0.15) is 5.26 Å². The van der Waals surface area contributed by atoms with E-state index in [1.54, 1.807) is 22.8 Å². The first kappa shape index (κ1) is 13.3. The Hall–Kier alpha value is -1.70. The van der Waals surface area contributed by atoms with Crippen molar-refractivity contribution >= 4 is 23.2 Å². The summed E-state index contributed by atoms with van der Waals surface area (Å²) in [6, 6.07) is 7.03. The third kappa shape index (κ3) is 1.94. The van der Waals surface area contributed by atoms with Crippen molar-refractivity contribution in [2.24, 2.45) is 0 Å². The summed E-state index contributed by atoms with van der Waals surface area (Å²) in [5.74, 6) is 0. The van der Waals surface area contributed by atoms with E-state index in [-0.39, 0.29) is 5.69 Å². The van der Waals surface area contributed by atoms with Crippen LogP contribution in [0.2, 0.25) is 10.0 Å². The van der Waals surface area contributed by atoms with Crippen molar-refractivity contribution in [2.45, 2.75) is 25.8 Å². The number of hydrogen-bond donors (Lipinski definition) is 0. The standard InChI is InChI=1S/C14H11Cl2N3O/c15-9-4-5-11(10(16)7-9)19-13(8-17)12-3-1-2-6-18(12)14(19)20/h4-5,7H,1-3,6H2. The molecular weight excluding hydrogens is 297 g/mol. The minimum Gasteiger partial charge on any atom is -0.295 e. The SMILES string of the molecule is N#Cc1c2n(c(=O)n1-c1ccc(Cl)cc1Cl)CCCC2. The minimum atomic E-state index is -0.208. The molecule has 0 atom stereocenters. The van der Waals surface area contributed by atoms with Crippen LogP contribution in [0, 0.1) is 11.3 Å². The van der Waals surface area contributed by atoms with Crippen LogP contribution in [0.3, 0.4) is 0 Å². The van der Waals surface area contributed by atoms with Crippen molar-refractivity contribution in [2.75, 3.05) is 0 Å². The topological polar surface area (TPSA) is 50.7 Å². The molecule has 4 nitrogen and oxygen atoms in total. The number of halogens is 2. The highest BCUT2D eigenvalue weighted by Crippen LogP contribution is 2.26. The van der Waals surface area contributed by atoms with Crippen LogP contribution >= 0.6 is 23.2 Å². The zero-order chi connectivity index (χ0) is 14.3. The summed E-state index contributed by atoms with van der Waals surface area (Å²) in [6.45, 7) is 0.654. The van der Waals surface area contributed by atoms with Crippen LogP contribution < -0.4 is 5.69 Å². The molecule has 0 radical (unpaired) electrons. The average molecular weight is 308 g/mol. The molecule has 0 bridgehead atoms. The fraction of sp³-hybridized carbons (Fsp3) is 0.286. The van der Waals surface area contributed by atoms with E-state index in [0.29, 0.717) is 28.0 Å². The molecule has 102 valence electrons. The zero-order valence-electron chi connectivity index (χ0n) is 10.6. The first-order chi connectivity index (χ1) is 9.63. The van der Waals surface area contributed by atoms with E-state index < -0.39 is 0 Å². The number of nitrogens with zero attached hydrogens (tertiary/aromatic N) is 3. The summed E-state index contributed by atoms with van der Waals surface area (Å²) >= 11 is 12.0. The van der Waals surface area contributed by atoms with Gasteiger partial charge in [0.2, 0.25) is 0 Å². The van der Waals surface area contributed by atoms with Gasteiger partial charge in [0.25, 0.3) is 0 Å². The monoisotopic (exact) mass is 307 g/mol. The number of hydrogen-bond acceptors (Lipinski definition) is 2. The molecule has 0 amide bonds. The Labute approximate surface area is 125 Å². The van der Waals surface area contributed by atoms with Crippen LogP contribution in [-0.4, -0.2) is 9.13 Å². The third-order valence-corrected chi connectivity index (χ3v) is 4.08. The summed E-state index contributed by atoms with van der Waals surface area (Å²) in [5.41, 5.74) is 1.47. The molecule has 2 heterocycles. The zero-order valence-corrected chi connectivity index (χ0v) is 12.1. The Morgan fingerprint density at radius 2 is 2.05 bits per heavy atom. The van der Waals surface area contributed by atoms with Crippen LogP contribution in [0.15, 0.2) is 23.0 Å². The van der Waals surface area contributed by atoms with Crippen LogP contribution in [0.25, 0.3) is 5.69 Å². The predicted octanol–water partition coefficient (Wildman–Crippen LogP) is 3.15. The van der Waals surface area contributed by atoms with Gasteiger partial charge in [-0.3, -0.25) is 4.57 Å². The Balaban J connectivity index is 2.32. The van der Waals surface area contributed by atoms with E-state index in [4.69, 9.17) is 23.2 Å². The maximum absolute atomic E-state index is 12.5. The molecule has 0 fully saturated rings. The number of benzene rings is 1. The van der Waals surface area contributed by atoms with E-state index >= 15 is 0 Å². The lowest BCUT2D eigenvalue weighted by molar-refractivity contribution is 0.518. The molecule has 1 aromatic carbocycles. The molecule has 3 rings (SSSR count). The van der Waals surface area contributed by atoms with E-state index in [1.165, 1.54) is 4.57 Å². The van der Waals surface area contributed by atoms with Gasteiger partial charge in [0.1, 0.15) is 11.8 Å². The molecule has 1 aliphatic heterocycles. The largest absolute Gasteiger partial charge is 0.334 e. The lowest BCUT2D eigenvalue weighted by Gasteiger charge is -2.12. The van der Waals surface area contributed by atoms with E-state index in [2.05, 4.69) is 6.07 Å². The van der Waals surface area contributed by atoms with Gasteiger partial charge in [0.15, 0.2) is 0 Å².